The first kappa shape index (κ1) is 20.1. The van der Waals surface area contributed by atoms with Crippen LogP contribution in [0.4, 0.5) is 11.8 Å². The number of methoxy groups -OCH3 is 2. The molecule has 1 atom stereocenters. The number of rotatable bonds is 6. The molecule has 1 aromatic carbocycles. The van der Waals surface area contributed by atoms with Gasteiger partial charge in [0.15, 0.2) is 5.11 Å². The van der Waals surface area contributed by atoms with Crippen molar-refractivity contribution in [2.75, 3.05) is 31.0 Å². The van der Waals surface area contributed by atoms with Crippen LogP contribution in [0.15, 0.2) is 30.3 Å². The van der Waals surface area contributed by atoms with Crippen molar-refractivity contribution < 1.29 is 9.47 Å². The monoisotopic (exact) mass is 401 g/mol. The van der Waals surface area contributed by atoms with E-state index in [9.17, 15) is 0 Å². The van der Waals surface area contributed by atoms with Crippen LogP contribution < -0.4 is 25.0 Å². The summed E-state index contributed by atoms with van der Waals surface area (Å²) in [5.74, 6) is 2.63. The van der Waals surface area contributed by atoms with Crippen molar-refractivity contribution in [2.45, 2.75) is 38.8 Å². The molecule has 3 rings (SSSR count). The predicted octanol–water partition coefficient (Wildman–Crippen LogP) is 3.36. The molecule has 28 heavy (non-hydrogen) atoms. The molecule has 2 heterocycles. The summed E-state index contributed by atoms with van der Waals surface area (Å²) in [4.78, 5) is 11.3. The third kappa shape index (κ3) is 5.22. The van der Waals surface area contributed by atoms with Crippen molar-refractivity contribution in [3.05, 3.63) is 35.9 Å². The molecule has 2 N–H and O–H groups in total. The van der Waals surface area contributed by atoms with E-state index in [-0.39, 0.29) is 0 Å². The van der Waals surface area contributed by atoms with Gasteiger partial charge >= 0.3 is 0 Å². The standard InChI is InChI=1S/C20H27N5O2S/c1-14-6-4-5-11-25(14)17-12-18(27-3)23-19(22-17)24-20(28)21-13-15-7-9-16(26-2)10-8-15/h7-10,12,14H,4-6,11,13H2,1-3H3,(H2,21,22,23,24,28). The molecule has 1 saturated heterocycles. The summed E-state index contributed by atoms with van der Waals surface area (Å²) in [6.07, 6.45) is 3.59. The minimum atomic E-state index is 0.430. The van der Waals surface area contributed by atoms with E-state index in [1.54, 1.807) is 14.2 Å². The Labute approximate surface area is 171 Å². The minimum Gasteiger partial charge on any atom is -0.497 e. The normalized spacial score (nSPS) is 16.4. The molecule has 8 heteroatoms. The second-order valence-electron chi connectivity index (χ2n) is 6.79. The first-order chi connectivity index (χ1) is 13.6. The molecule has 1 aliphatic heterocycles. The Kier molecular flexibility index (Phi) is 6.86. The molecule has 1 aliphatic rings. The molecular weight excluding hydrogens is 374 g/mol. The molecule has 0 bridgehead atoms. The Morgan fingerprint density at radius 1 is 1.18 bits per heavy atom. The minimum absolute atomic E-state index is 0.430. The van der Waals surface area contributed by atoms with Gasteiger partial charge < -0.3 is 25.0 Å². The summed E-state index contributed by atoms with van der Waals surface area (Å²) < 4.78 is 10.5. The SMILES string of the molecule is COc1ccc(CNC(=S)Nc2nc(OC)cc(N3CCCCC3C)n2)cc1. The van der Waals surface area contributed by atoms with Gasteiger partial charge in [-0.1, -0.05) is 12.1 Å². The van der Waals surface area contributed by atoms with E-state index in [1.807, 2.05) is 30.3 Å². The zero-order valence-electron chi connectivity index (χ0n) is 16.6. The molecule has 2 aromatic rings. The van der Waals surface area contributed by atoms with Crippen LogP contribution >= 0.6 is 12.2 Å². The average Bonchev–Trinajstić information content (AvgIpc) is 2.72. The van der Waals surface area contributed by atoms with Crippen LogP contribution in [0.1, 0.15) is 31.7 Å². The van der Waals surface area contributed by atoms with Crippen molar-refractivity contribution in [3.8, 4) is 11.6 Å². The number of hydrogen-bond acceptors (Lipinski definition) is 6. The van der Waals surface area contributed by atoms with Crippen LogP contribution in [0.2, 0.25) is 0 Å². The molecule has 0 radical (unpaired) electrons. The fourth-order valence-corrected chi connectivity index (χ4v) is 3.39. The van der Waals surface area contributed by atoms with Crippen LogP contribution in [0, 0.1) is 0 Å². The Morgan fingerprint density at radius 3 is 2.64 bits per heavy atom. The Hall–Kier alpha value is -2.61. The molecule has 0 spiro atoms. The molecule has 7 nitrogen and oxygen atoms in total. The van der Waals surface area contributed by atoms with Crippen LogP contribution in [0.5, 0.6) is 11.6 Å². The number of anilines is 2. The number of hydrogen-bond donors (Lipinski definition) is 2. The lowest BCUT2D eigenvalue weighted by Gasteiger charge is -2.34. The highest BCUT2D eigenvalue weighted by atomic mass is 32.1. The lowest BCUT2D eigenvalue weighted by molar-refractivity contribution is 0.396. The van der Waals surface area contributed by atoms with E-state index < -0.39 is 0 Å². The molecule has 1 fully saturated rings. The van der Waals surface area contributed by atoms with Crippen molar-refractivity contribution in [1.82, 2.24) is 15.3 Å². The van der Waals surface area contributed by atoms with Crippen molar-refractivity contribution >= 4 is 29.1 Å². The third-order valence-electron chi connectivity index (χ3n) is 4.83. The van der Waals surface area contributed by atoms with E-state index in [0.29, 0.717) is 29.5 Å². The number of aromatic nitrogens is 2. The lowest BCUT2D eigenvalue weighted by atomic mass is 10.0. The predicted molar refractivity (Wildman–Crippen MR) is 115 cm³/mol. The van der Waals surface area contributed by atoms with Gasteiger partial charge in [0.25, 0.3) is 0 Å². The van der Waals surface area contributed by atoms with Crippen LogP contribution in [-0.4, -0.2) is 41.9 Å². The first-order valence-electron chi connectivity index (χ1n) is 9.46. The zero-order chi connectivity index (χ0) is 19.9. The van der Waals surface area contributed by atoms with Gasteiger partial charge in [0, 0.05) is 25.2 Å². The fourth-order valence-electron chi connectivity index (χ4n) is 3.23. The number of nitrogens with zero attached hydrogens (tertiary/aromatic N) is 3. The maximum Gasteiger partial charge on any atom is 0.234 e. The van der Waals surface area contributed by atoms with Gasteiger partial charge in [-0.15, -0.1) is 0 Å². The third-order valence-corrected chi connectivity index (χ3v) is 5.08. The molecule has 1 aromatic heterocycles. The number of thiocarbonyl (C=S) groups is 1. The van der Waals surface area contributed by atoms with Crippen LogP contribution in [-0.2, 0) is 6.54 Å². The van der Waals surface area contributed by atoms with Crippen molar-refractivity contribution in [1.29, 1.82) is 0 Å². The molecule has 1 unspecified atom stereocenters. The van der Waals surface area contributed by atoms with Crippen LogP contribution in [0.3, 0.4) is 0 Å². The first-order valence-corrected chi connectivity index (χ1v) is 9.87. The molecule has 150 valence electrons. The summed E-state index contributed by atoms with van der Waals surface area (Å²) in [6, 6.07) is 10.1. The largest absolute Gasteiger partial charge is 0.497 e. The van der Waals surface area contributed by atoms with E-state index >= 15 is 0 Å². The quantitative estimate of drug-likeness (QED) is 0.714. The highest BCUT2D eigenvalue weighted by molar-refractivity contribution is 7.80. The van der Waals surface area contributed by atoms with Gasteiger partial charge in [-0.2, -0.15) is 9.97 Å². The average molecular weight is 402 g/mol. The molecular formula is C20H27N5O2S. The van der Waals surface area contributed by atoms with E-state index in [2.05, 4.69) is 32.4 Å². The summed E-state index contributed by atoms with van der Waals surface area (Å²) >= 11 is 5.40. The van der Waals surface area contributed by atoms with E-state index in [1.165, 1.54) is 12.8 Å². The maximum atomic E-state index is 5.40. The lowest BCUT2D eigenvalue weighted by Crippen LogP contribution is -2.38. The topological polar surface area (TPSA) is 71.5 Å². The number of benzene rings is 1. The van der Waals surface area contributed by atoms with Gasteiger partial charge in [0.1, 0.15) is 11.6 Å². The second-order valence-corrected chi connectivity index (χ2v) is 7.19. The Morgan fingerprint density at radius 2 is 1.96 bits per heavy atom. The molecule has 0 aliphatic carbocycles. The Bertz CT molecular complexity index is 800. The van der Waals surface area contributed by atoms with Gasteiger partial charge in [-0.05, 0) is 56.1 Å². The van der Waals surface area contributed by atoms with E-state index in [4.69, 9.17) is 21.7 Å². The van der Waals surface area contributed by atoms with Gasteiger partial charge in [0.2, 0.25) is 11.8 Å². The van der Waals surface area contributed by atoms with Crippen molar-refractivity contribution in [3.63, 3.8) is 0 Å². The summed E-state index contributed by atoms with van der Waals surface area (Å²) in [6.45, 7) is 3.80. The fraction of sp³-hybridized carbons (Fsp3) is 0.450. The Balaban J connectivity index is 1.64. The smallest absolute Gasteiger partial charge is 0.234 e. The number of piperidine rings is 1. The number of ether oxygens (including phenoxy) is 2. The highest BCUT2D eigenvalue weighted by Gasteiger charge is 2.21. The van der Waals surface area contributed by atoms with Gasteiger partial charge in [0.05, 0.1) is 14.2 Å². The summed E-state index contributed by atoms with van der Waals surface area (Å²) in [5.41, 5.74) is 1.10. The number of nitrogens with one attached hydrogen (secondary N) is 2. The van der Waals surface area contributed by atoms with Gasteiger partial charge in [-0.25, -0.2) is 0 Å². The molecule has 0 saturated carbocycles. The summed E-state index contributed by atoms with van der Waals surface area (Å²) in [7, 11) is 3.26. The van der Waals surface area contributed by atoms with Crippen molar-refractivity contribution in [2.24, 2.45) is 0 Å². The second kappa shape index (κ2) is 9.54. The highest BCUT2D eigenvalue weighted by Crippen LogP contribution is 2.26. The van der Waals surface area contributed by atoms with Gasteiger partial charge in [-0.3, -0.25) is 0 Å². The maximum absolute atomic E-state index is 5.40. The van der Waals surface area contributed by atoms with Crippen LogP contribution in [0.25, 0.3) is 0 Å². The zero-order valence-corrected chi connectivity index (χ0v) is 17.4. The molecule has 0 amide bonds. The summed E-state index contributed by atoms with van der Waals surface area (Å²) in [5, 5.41) is 6.71. The van der Waals surface area contributed by atoms with E-state index in [0.717, 1.165) is 30.1 Å².